The monoisotopic (exact) mass is 471 g/mol. The van der Waals surface area contributed by atoms with Gasteiger partial charge < -0.3 is 10.2 Å². The van der Waals surface area contributed by atoms with E-state index < -0.39 is 10.0 Å². The number of rotatable bonds is 7. The molecule has 0 atom stereocenters. The molecular formula is C25H33N3O4S. The Kier molecular flexibility index (Phi) is 7.79. The van der Waals surface area contributed by atoms with E-state index >= 15 is 0 Å². The summed E-state index contributed by atoms with van der Waals surface area (Å²) in [5, 5.41) is 2.97. The maximum Gasteiger partial charge on any atom is 0.261 e. The summed E-state index contributed by atoms with van der Waals surface area (Å²) in [5.74, 6) is 0.209. The van der Waals surface area contributed by atoms with Crippen LogP contribution in [0.2, 0.25) is 0 Å². The number of nitrogens with zero attached hydrogens (tertiary/aromatic N) is 1. The summed E-state index contributed by atoms with van der Waals surface area (Å²) < 4.78 is 28.2. The highest BCUT2D eigenvalue weighted by molar-refractivity contribution is 7.92. The minimum Gasteiger partial charge on any atom is -0.356 e. The van der Waals surface area contributed by atoms with Gasteiger partial charge >= 0.3 is 0 Å². The number of hydrogen-bond donors (Lipinski definition) is 2. The van der Waals surface area contributed by atoms with Crippen molar-refractivity contribution in [2.24, 2.45) is 11.8 Å². The quantitative estimate of drug-likeness (QED) is 0.643. The number of amides is 2. The lowest BCUT2D eigenvalue weighted by atomic mass is 9.95. The zero-order valence-corrected chi connectivity index (χ0v) is 20.5. The smallest absolute Gasteiger partial charge is 0.261 e. The molecule has 1 heterocycles. The minimum atomic E-state index is -3.77. The average Bonchev–Trinajstić information content (AvgIpc) is 2.78. The van der Waals surface area contributed by atoms with Crippen molar-refractivity contribution in [2.45, 2.75) is 45.4 Å². The number of likely N-dealkylation sites (tertiary alicyclic amines) is 1. The third-order valence-electron chi connectivity index (χ3n) is 5.99. The van der Waals surface area contributed by atoms with E-state index in [2.05, 4.69) is 23.9 Å². The number of aryl methyl sites for hydroxylation is 2. The molecule has 1 saturated heterocycles. The predicted molar refractivity (Wildman–Crippen MR) is 130 cm³/mol. The summed E-state index contributed by atoms with van der Waals surface area (Å²) in [6, 6.07) is 11.5. The molecule has 2 N–H and O–H groups in total. The van der Waals surface area contributed by atoms with E-state index in [9.17, 15) is 18.0 Å². The first-order chi connectivity index (χ1) is 15.6. The van der Waals surface area contributed by atoms with Crippen molar-refractivity contribution in [3.05, 3.63) is 59.2 Å². The molecule has 0 unspecified atom stereocenters. The summed E-state index contributed by atoms with van der Waals surface area (Å²) in [6.45, 7) is 9.55. The Labute approximate surface area is 196 Å². The van der Waals surface area contributed by atoms with Crippen molar-refractivity contribution >= 4 is 27.5 Å². The van der Waals surface area contributed by atoms with Gasteiger partial charge in [0.2, 0.25) is 5.91 Å². The van der Waals surface area contributed by atoms with Crippen molar-refractivity contribution in [2.75, 3.05) is 24.4 Å². The van der Waals surface area contributed by atoms with Crippen LogP contribution in [0.5, 0.6) is 0 Å². The van der Waals surface area contributed by atoms with Gasteiger partial charge in [-0.3, -0.25) is 14.3 Å². The van der Waals surface area contributed by atoms with E-state index in [-0.39, 0.29) is 22.6 Å². The fourth-order valence-electron chi connectivity index (χ4n) is 3.79. The van der Waals surface area contributed by atoms with Gasteiger partial charge in [0.1, 0.15) is 0 Å². The Morgan fingerprint density at radius 2 is 1.73 bits per heavy atom. The van der Waals surface area contributed by atoms with Crippen LogP contribution >= 0.6 is 0 Å². The molecule has 3 rings (SSSR count). The first kappa shape index (κ1) is 24.8. The number of sulfonamides is 1. The molecule has 2 aromatic rings. The first-order valence-corrected chi connectivity index (χ1v) is 12.8. The van der Waals surface area contributed by atoms with Gasteiger partial charge in [-0.05, 0) is 74.1 Å². The van der Waals surface area contributed by atoms with E-state index in [4.69, 9.17) is 0 Å². The SMILES string of the molecule is Cc1ccc(S(=O)(=O)Nc2cccc(C(=O)N3CCC(C(=O)NCC(C)C)CC3)c2)cc1C. The van der Waals surface area contributed by atoms with Crippen LogP contribution in [-0.2, 0) is 14.8 Å². The van der Waals surface area contributed by atoms with Crippen LogP contribution in [0.25, 0.3) is 0 Å². The van der Waals surface area contributed by atoms with Crippen LogP contribution in [0.4, 0.5) is 5.69 Å². The number of nitrogens with one attached hydrogen (secondary N) is 2. The lowest BCUT2D eigenvalue weighted by Crippen LogP contribution is -2.43. The zero-order valence-electron chi connectivity index (χ0n) is 19.7. The van der Waals surface area contributed by atoms with Gasteiger partial charge in [-0.1, -0.05) is 26.0 Å². The van der Waals surface area contributed by atoms with E-state index in [0.29, 0.717) is 49.6 Å². The molecule has 1 fully saturated rings. The van der Waals surface area contributed by atoms with Gasteiger partial charge in [0, 0.05) is 36.8 Å². The standard InChI is InChI=1S/C25H33N3O4S/c1-17(2)16-26-24(29)20-10-12-28(13-11-20)25(30)21-6-5-7-22(15-21)27-33(31,32)23-9-8-18(3)19(4)14-23/h5-9,14-15,17,20,27H,10-13,16H2,1-4H3,(H,26,29). The molecule has 0 aliphatic carbocycles. The molecule has 0 aromatic heterocycles. The van der Waals surface area contributed by atoms with Crippen molar-refractivity contribution in [1.29, 1.82) is 0 Å². The van der Waals surface area contributed by atoms with Crippen molar-refractivity contribution in [1.82, 2.24) is 10.2 Å². The average molecular weight is 472 g/mol. The largest absolute Gasteiger partial charge is 0.356 e. The Balaban J connectivity index is 1.64. The number of hydrogen-bond acceptors (Lipinski definition) is 4. The van der Waals surface area contributed by atoms with E-state index in [1.165, 1.54) is 0 Å². The lowest BCUT2D eigenvalue weighted by Gasteiger charge is -2.31. The third kappa shape index (κ3) is 6.35. The normalized spacial score (nSPS) is 14.9. The van der Waals surface area contributed by atoms with Crippen molar-refractivity contribution in [3.63, 3.8) is 0 Å². The highest BCUT2D eigenvalue weighted by Gasteiger charge is 2.28. The second kappa shape index (κ2) is 10.4. The molecule has 178 valence electrons. The number of carbonyl (C=O) groups is 2. The van der Waals surface area contributed by atoms with Gasteiger partial charge in [-0.15, -0.1) is 0 Å². The second-order valence-electron chi connectivity index (χ2n) is 9.14. The topological polar surface area (TPSA) is 95.6 Å². The fraction of sp³-hybridized carbons (Fsp3) is 0.440. The summed E-state index contributed by atoms with van der Waals surface area (Å²) in [4.78, 5) is 27.2. The van der Waals surface area contributed by atoms with Crippen LogP contribution in [0.15, 0.2) is 47.4 Å². The third-order valence-corrected chi connectivity index (χ3v) is 7.37. The first-order valence-electron chi connectivity index (χ1n) is 11.3. The van der Waals surface area contributed by atoms with Gasteiger partial charge in [0.05, 0.1) is 4.90 Å². The highest BCUT2D eigenvalue weighted by atomic mass is 32.2. The summed E-state index contributed by atoms with van der Waals surface area (Å²) in [5.41, 5.74) is 2.66. The van der Waals surface area contributed by atoms with E-state index in [1.807, 2.05) is 13.8 Å². The van der Waals surface area contributed by atoms with Crippen LogP contribution in [0.1, 0.15) is 48.2 Å². The number of benzene rings is 2. The van der Waals surface area contributed by atoms with E-state index in [1.54, 1.807) is 47.4 Å². The second-order valence-corrected chi connectivity index (χ2v) is 10.8. The van der Waals surface area contributed by atoms with Crippen LogP contribution < -0.4 is 10.0 Å². The number of carbonyl (C=O) groups excluding carboxylic acids is 2. The van der Waals surface area contributed by atoms with Gasteiger partial charge in [0.25, 0.3) is 15.9 Å². The van der Waals surface area contributed by atoms with E-state index in [0.717, 1.165) is 11.1 Å². The molecule has 1 aliphatic rings. The maximum atomic E-state index is 13.0. The lowest BCUT2D eigenvalue weighted by molar-refractivity contribution is -0.126. The van der Waals surface area contributed by atoms with Crippen molar-refractivity contribution in [3.8, 4) is 0 Å². The number of piperidine rings is 1. The molecule has 1 aliphatic heterocycles. The maximum absolute atomic E-state index is 13.0. The zero-order chi connectivity index (χ0) is 24.2. The molecule has 0 bridgehead atoms. The summed E-state index contributed by atoms with van der Waals surface area (Å²) in [6.07, 6.45) is 1.24. The van der Waals surface area contributed by atoms with Gasteiger partial charge in [0.15, 0.2) is 0 Å². The molecule has 33 heavy (non-hydrogen) atoms. The van der Waals surface area contributed by atoms with Crippen LogP contribution in [0.3, 0.4) is 0 Å². The Hall–Kier alpha value is -2.87. The van der Waals surface area contributed by atoms with Gasteiger partial charge in [-0.25, -0.2) is 8.42 Å². The molecular weight excluding hydrogens is 438 g/mol. The highest BCUT2D eigenvalue weighted by Crippen LogP contribution is 2.23. The molecule has 2 amide bonds. The Morgan fingerprint density at radius 1 is 1.03 bits per heavy atom. The predicted octanol–water partition coefficient (Wildman–Crippen LogP) is 3.73. The number of anilines is 1. The molecule has 0 radical (unpaired) electrons. The van der Waals surface area contributed by atoms with Crippen LogP contribution in [-0.4, -0.2) is 44.8 Å². The molecule has 0 spiro atoms. The fourth-order valence-corrected chi connectivity index (χ4v) is 4.92. The molecule has 0 saturated carbocycles. The minimum absolute atomic E-state index is 0.0542. The Morgan fingerprint density at radius 3 is 2.36 bits per heavy atom. The van der Waals surface area contributed by atoms with Crippen LogP contribution in [0, 0.1) is 25.7 Å². The van der Waals surface area contributed by atoms with Crippen molar-refractivity contribution < 1.29 is 18.0 Å². The summed E-state index contributed by atoms with van der Waals surface area (Å²) in [7, 11) is -3.77. The molecule has 8 heteroatoms. The molecule has 2 aromatic carbocycles. The molecule has 7 nitrogen and oxygen atoms in total. The summed E-state index contributed by atoms with van der Waals surface area (Å²) >= 11 is 0. The Bertz CT molecular complexity index is 1120. The van der Waals surface area contributed by atoms with Gasteiger partial charge in [-0.2, -0.15) is 0 Å².